The largest absolute Gasteiger partial charge is 0.283 e. The molecule has 0 aromatic heterocycles. The first kappa shape index (κ1) is 17.9. The molecule has 0 unspecified atom stereocenters. The van der Waals surface area contributed by atoms with Gasteiger partial charge in [0.05, 0.1) is 6.04 Å². The van der Waals surface area contributed by atoms with Crippen molar-refractivity contribution in [2.45, 2.75) is 25.6 Å². The van der Waals surface area contributed by atoms with Gasteiger partial charge in [0.2, 0.25) is 0 Å². The zero-order chi connectivity index (χ0) is 18.3. The first-order valence-electron chi connectivity index (χ1n) is 9.60. The van der Waals surface area contributed by atoms with Crippen LogP contribution in [0.15, 0.2) is 91.0 Å². The molecule has 0 bridgehead atoms. The van der Waals surface area contributed by atoms with Gasteiger partial charge in [0.1, 0.15) is 6.73 Å². The van der Waals surface area contributed by atoms with E-state index in [1.54, 1.807) is 0 Å². The lowest BCUT2D eigenvalue weighted by molar-refractivity contribution is -0.259. The van der Waals surface area contributed by atoms with E-state index >= 15 is 0 Å². The van der Waals surface area contributed by atoms with Crippen LogP contribution in [-0.4, -0.2) is 29.3 Å². The third-order valence-corrected chi connectivity index (χ3v) is 5.03. The minimum absolute atomic E-state index is 0.324. The summed E-state index contributed by atoms with van der Waals surface area (Å²) in [6.07, 6.45) is 0.985. The van der Waals surface area contributed by atoms with E-state index in [2.05, 4.69) is 101 Å². The highest BCUT2D eigenvalue weighted by Gasteiger charge is 2.28. The second-order valence-electron chi connectivity index (χ2n) is 7.16. The molecule has 3 nitrogen and oxygen atoms in total. The van der Waals surface area contributed by atoms with Crippen LogP contribution < -0.4 is 0 Å². The van der Waals surface area contributed by atoms with Crippen LogP contribution in [-0.2, 0) is 24.3 Å². The van der Waals surface area contributed by atoms with Crippen molar-refractivity contribution in [3.63, 3.8) is 0 Å². The summed E-state index contributed by atoms with van der Waals surface area (Å²) in [5, 5.41) is 2.17. The number of hydrogen-bond acceptors (Lipinski definition) is 3. The Morgan fingerprint density at radius 3 is 1.78 bits per heavy atom. The van der Waals surface area contributed by atoms with Gasteiger partial charge in [0, 0.05) is 19.6 Å². The van der Waals surface area contributed by atoms with E-state index < -0.39 is 0 Å². The molecular weight excluding hydrogens is 332 g/mol. The molecular formula is C24H26N2O. The summed E-state index contributed by atoms with van der Waals surface area (Å²) in [5.41, 5.74) is 3.97. The Labute approximate surface area is 161 Å². The zero-order valence-corrected chi connectivity index (χ0v) is 15.6. The standard InChI is InChI=1S/C24H26N2O/c1-4-10-21(11-5-1)16-24-19-25(17-22-12-6-2-7-13-22)20-27-26(24)18-23-14-8-3-9-15-23/h1-15,24H,16-20H2/t24-/m0/s1. The van der Waals surface area contributed by atoms with Crippen LogP contribution >= 0.6 is 0 Å². The van der Waals surface area contributed by atoms with Crippen molar-refractivity contribution in [3.05, 3.63) is 108 Å². The van der Waals surface area contributed by atoms with Gasteiger partial charge in [-0.05, 0) is 23.1 Å². The van der Waals surface area contributed by atoms with Gasteiger partial charge in [-0.25, -0.2) is 0 Å². The molecule has 0 saturated carbocycles. The Hall–Kier alpha value is -2.46. The van der Waals surface area contributed by atoms with Crippen LogP contribution in [0.2, 0.25) is 0 Å². The summed E-state index contributed by atoms with van der Waals surface area (Å²) in [4.78, 5) is 8.60. The molecule has 0 aliphatic carbocycles. The van der Waals surface area contributed by atoms with Gasteiger partial charge in [-0.15, -0.1) is 0 Å². The SMILES string of the molecule is c1ccc(C[C@H]2CN(Cc3ccccc3)CON2Cc2ccccc2)cc1. The summed E-state index contributed by atoms with van der Waals surface area (Å²) >= 11 is 0. The van der Waals surface area contributed by atoms with Crippen molar-refractivity contribution in [3.8, 4) is 0 Å². The minimum atomic E-state index is 0.324. The molecule has 0 radical (unpaired) electrons. The maximum Gasteiger partial charge on any atom is 0.122 e. The fraction of sp³-hybridized carbons (Fsp3) is 0.250. The normalized spacial score (nSPS) is 18.4. The van der Waals surface area contributed by atoms with Gasteiger partial charge in [-0.1, -0.05) is 91.0 Å². The maximum atomic E-state index is 6.21. The lowest BCUT2D eigenvalue weighted by Crippen LogP contribution is -2.51. The van der Waals surface area contributed by atoms with Crippen molar-refractivity contribution in [2.75, 3.05) is 13.3 Å². The predicted octanol–water partition coefficient (Wildman–Crippen LogP) is 4.50. The summed E-state index contributed by atoms with van der Waals surface area (Å²) in [7, 11) is 0. The van der Waals surface area contributed by atoms with Crippen LogP contribution in [0, 0.1) is 0 Å². The Kier molecular flexibility index (Phi) is 5.95. The molecule has 0 spiro atoms. The topological polar surface area (TPSA) is 15.7 Å². The number of nitrogens with zero attached hydrogens (tertiary/aromatic N) is 2. The highest BCUT2D eigenvalue weighted by molar-refractivity contribution is 5.18. The first-order valence-corrected chi connectivity index (χ1v) is 9.60. The lowest BCUT2D eigenvalue weighted by Gasteiger charge is -2.40. The molecule has 1 aliphatic heterocycles. The van der Waals surface area contributed by atoms with Crippen molar-refractivity contribution in [1.82, 2.24) is 9.96 Å². The summed E-state index contributed by atoms with van der Waals surface area (Å²) in [5.74, 6) is 0. The second kappa shape index (κ2) is 8.96. The zero-order valence-electron chi connectivity index (χ0n) is 15.6. The molecule has 0 N–H and O–H groups in total. The third kappa shape index (κ3) is 5.04. The average molecular weight is 358 g/mol. The molecule has 3 aromatic carbocycles. The lowest BCUT2D eigenvalue weighted by atomic mass is 10.0. The summed E-state index contributed by atoms with van der Waals surface area (Å²) < 4.78 is 0. The van der Waals surface area contributed by atoms with Crippen molar-refractivity contribution < 1.29 is 4.84 Å². The molecule has 1 fully saturated rings. The Morgan fingerprint density at radius 1 is 0.667 bits per heavy atom. The third-order valence-electron chi connectivity index (χ3n) is 5.03. The Morgan fingerprint density at radius 2 is 1.19 bits per heavy atom. The highest BCUT2D eigenvalue weighted by atomic mass is 16.7. The smallest absolute Gasteiger partial charge is 0.122 e. The molecule has 1 saturated heterocycles. The molecule has 1 aliphatic rings. The van der Waals surface area contributed by atoms with E-state index in [4.69, 9.17) is 4.84 Å². The van der Waals surface area contributed by atoms with E-state index in [1.807, 2.05) is 0 Å². The summed E-state index contributed by atoms with van der Waals surface area (Å²) in [6, 6.07) is 32.2. The summed E-state index contributed by atoms with van der Waals surface area (Å²) in [6.45, 7) is 3.37. The number of rotatable bonds is 6. The van der Waals surface area contributed by atoms with Gasteiger partial charge in [0.15, 0.2) is 0 Å². The minimum Gasteiger partial charge on any atom is -0.283 e. The van der Waals surface area contributed by atoms with E-state index in [0.717, 1.165) is 26.1 Å². The van der Waals surface area contributed by atoms with Crippen LogP contribution in [0.3, 0.4) is 0 Å². The molecule has 1 atom stereocenters. The molecule has 1 heterocycles. The monoisotopic (exact) mass is 358 g/mol. The second-order valence-corrected chi connectivity index (χ2v) is 7.16. The van der Waals surface area contributed by atoms with Gasteiger partial charge in [-0.3, -0.25) is 9.74 Å². The predicted molar refractivity (Wildman–Crippen MR) is 109 cm³/mol. The van der Waals surface area contributed by atoms with Crippen LogP contribution in [0.4, 0.5) is 0 Å². The Bertz CT molecular complexity index is 808. The van der Waals surface area contributed by atoms with Crippen molar-refractivity contribution in [1.29, 1.82) is 0 Å². The number of hydrogen-bond donors (Lipinski definition) is 0. The maximum absolute atomic E-state index is 6.21. The quantitative estimate of drug-likeness (QED) is 0.645. The fourth-order valence-electron chi connectivity index (χ4n) is 3.65. The fourth-order valence-corrected chi connectivity index (χ4v) is 3.65. The Balaban J connectivity index is 1.47. The van der Waals surface area contributed by atoms with Crippen molar-refractivity contribution in [2.24, 2.45) is 0 Å². The van der Waals surface area contributed by atoms with Gasteiger partial charge < -0.3 is 0 Å². The van der Waals surface area contributed by atoms with E-state index in [1.165, 1.54) is 16.7 Å². The molecule has 0 amide bonds. The molecule has 4 rings (SSSR count). The highest BCUT2D eigenvalue weighted by Crippen LogP contribution is 2.20. The van der Waals surface area contributed by atoms with Crippen LogP contribution in [0.1, 0.15) is 16.7 Å². The van der Waals surface area contributed by atoms with E-state index in [9.17, 15) is 0 Å². The van der Waals surface area contributed by atoms with Gasteiger partial charge >= 0.3 is 0 Å². The van der Waals surface area contributed by atoms with Gasteiger partial charge in [0.25, 0.3) is 0 Å². The first-order chi connectivity index (χ1) is 13.4. The number of hydroxylamine groups is 2. The van der Waals surface area contributed by atoms with Crippen LogP contribution in [0.25, 0.3) is 0 Å². The van der Waals surface area contributed by atoms with E-state index in [-0.39, 0.29) is 0 Å². The molecule has 3 heteroatoms. The molecule has 138 valence electrons. The van der Waals surface area contributed by atoms with Crippen molar-refractivity contribution >= 4 is 0 Å². The molecule has 3 aromatic rings. The average Bonchev–Trinajstić information content (AvgIpc) is 2.72. The van der Waals surface area contributed by atoms with Crippen LogP contribution in [0.5, 0.6) is 0 Å². The van der Waals surface area contributed by atoms with E-state index in [0.29, 0.717) is 12.8 Å². The molecule has 27 heavy (non-hydrogen) atoms. The van der Waals surface area contributed by atoms with Gasteiger partial charge in [-0.2, -0.15) is 5.06 Å². The number of benzene rings is 3.